The van der Waals surface area contributed by atoms with Gasteiger partial charge in [-0.15, -0.1) is 0 Å². The van der Waals surface area contributed by atoms with E-state index in [0.717, 1.165) is 5.69 Å². The van der Waals surface area contributed by atoms with E-state index in [1.807, 2.05) is 18.7 Å². The second-order valence-electron chi connectivity index (χ2n) is 5.50. The van der Waals surface area contributed by atoms with Gasteiger partial charge in [-0.25, -0.2) is 0 Å². The largest absolute Gasteiger partial charge is 0.508 e. The summed E-state index contributed by atoms with van der Waals surface area (Å²) in [6, 6.07) is 10.6. The lowest BCUT2D eigenvalue weighted by Crippen LogP contribution is -2.36. The topological polar surface area (TPSA) is 84.2 Å². The Morgan fingerprint density at radius 2 is 1.41 bits per heavy atom. The Bertz CT molecular complexity index is 605. The number of hydrogen-bond donors (Lipinski definition) is 4. The summed E-state index contributed by atoms with van der Waals surface area (Å²) in [6.45, 7) is 3.79. The third kappa shape index (κ3) is 3.43. The van der Waals surface area contributed by atoms with Crippen LogP contribution in [0.2, 0.25) is 0 Å². The highest BCUT2D eigenvalue weighted by Gasteiger charge is 2.23. The number of nitrogens with zero attached hydrogens (tertiary/aromatic N) is 1. The quantitative estimate of drug-likeness (QED) is 0.682. The molecule has 2 rings (SSSR count). The number of aromatic hydroxyl groups is 3. The Balaban J connectivity index is 2.46. The molecule has 0 fully saturated rings. The Kier molecular flexibility index (Phi) is 4.78. The van der Waals surface area contributed by atoms with Crippen LogP contribution in [0, 0.1) is 0 Å². The van der Waals surface area contributed by atoms with Gasteiger partial charge >= 0.3 is 0 Å². The molecule has 0 saturated heterocycles. The first-order chi connectivity index (χ1) is 10.4. The molecular weight excluding hydrogens is 282 g/mol. The zero-order valence-electron chi connectivity index (χ0n) is 12.6. The Hall–Kier alpha value is -2.40. The summed E-state index contributed by atoms with van der Waals surface area (Å²) >= 11 is 0. The molecule has 1 unspecified atom stereocenters. The van der Waals surface area contributed by atoms with Crippen LogP contribution in [0.5, 0.6) is 17.2 Å². The fraction of sp³-hybridized carbons (Fsp3) is 0.294. The number of rotatable bonds is 5. The molecule has 0 radical (unpaired) electrons. The van der Waals surface area contributed by atoms with Crippen LogP contribution >= 0.6 is 0 Å². The molecule has 1 atom stereocenters. The van der Waals surface area contributed by atoms with Crippen LogP contribution in [-0.4, -0.2) is 33.1 Å². The molecule has 0 amide bonds. The molecule has 0 heterocycles. The Morgan fingerprint density at radius 3 is 1.86 bits per heavy atom. The summed E-state index contributed by atoms with van der Waals surface area (Å²) < 4.78 is 0. The molecule has 0 aliphatic rings. The fourth-order valence-electron chi connectivity index (χ4n) is 2.63. The maximum absolute atomic E-state index is 9.84. The van der Waals surface area contributed by atoms with Crippen LogP contribution in [-0.2, 0) is 0 Å². The first-order valence-corrected chi connectivity index (χ1v) is 7.13. The average Bonchev–Trinajstić information content (AvgIpc) is 2.44. The smallest absolute Gasteiger partial charge is 0.119 e. The summed E-state index contributed by atoms with van der Waals surface area (Å²) in [6.07, 6.45) is 0. The molecule has 118 valence electrons. The molecule has 0 aromatic heterocycles. The zero-order valence-corrected chi connectivity index (χ0v) is 12.6. The van der Waals surface area contributed by atoms with Gasteiger partial charge in [-0.3, -0.25) is 0 Å². The van der Waals surface area contributed by atoms with Gasteiger partial charge < -0.3 is 25.3 Å². The Morgan fingerprint density at radius 1 is 0.864 bits per heavy atom. The monoisotopic (exact) mass is 303 g/mol. The third-order valence-corrected chi connectivity index (χ3v) is 3.52. The van der Waals surface area contributed by atoms with E-state index in [2.05, 4.69) is 0 Å². The van der Waals surface area contributed by atoms with Crippen molar-refractivity contribution in [3.63, 3.8) is 0 Å². The summed E-state index contributed by atoms with van der Waals surface area (Å²) in [5.74, 6) is 0.0636. The van der Waals surface area contributed by atoms with Gasteiger partial charge in [0.1, 0.15) is 17.2 Å². The van der Waals surface area contributed by atoms with Gasteiger partial charge in [0.15, 0.2) is 0 Å². The molecule has 0 saturated carbocycles. The van der Waals surface area contributed by atoms with Crippen molar-refractivity contribution in [3.8, 4) is 17.2 Å². The van der Waals surface area contributed by atoms with E-state index in [9.17, 15) is 20.4 Å². The van der Waals surface area contributed by atoms with Gasteiger partial charge in [-0.05, 0) is 55.8 Å². The standard InChI is InChI=1S/C17H21NO4/c1-11(2)18(13-3-5-14(20)6-4-13)17(10-19)12-7-15(21)9-16(22)8-12/h3-9,11,17,19-22H,10H2,1-2H3. The van der Waals surface area contributed by atoms with Crippen molar-refractivity contribution in [2.45, 2.75) is 25.9 Å². The molecule has 5 nitrogen and oxygen atoms in total. The van der Waals surface area contributed by atoms with Crippen molar-refractivity contribution in [1.29, 1.82) is 0 Å². The number of benzene rings is 2. The van der Waals surface area contributed by atoms with Crippen LogP contribution in [0.3, 0.4) is 0 Å². The molecule has 2 aromatic rings. The van der Waals surface area contributed by atoms with Crippen molar-refractivity contribution in [2.24, 2.45) is 0 Å². The Labute approximate surface area is 129 Å². The van der Waals surface area contributed by atoms with Gasteiger partial charge in [-0.1, -0.05) is 0 Å². The van der Waals surface area contributed by atoms with E-state index >= 15 is 0 Å². The molecule has 5 heteroatoms. The molecule has 0 bridgehead atoms. The van der Waals surface area contributed by atoms with Crippen molar-refractivity contribution < 1.29 is 20.4 Å². The SMILES string of the molecule is CC(C)N(c1ccc(O)cc1)C(CO)c1cc(O)cc(O)c1. The number of hydrogen-bond acceptors (Lipinski definition) is 5. The van der Waals surface area contributed by atoms with Crippen molar-refractivity contribution in [2.75, 3.05) is 11.5 Å². The number of phenols is 3. The van der Waals surface area contributed by atoms with E-state index in [1.165, 1.54) is 18.2 Å². The lowest BCUT2D eigenvalue weighted by Gasteiger charge is -2.36. The normalized spacial score (nSPS) is 12.4. The minimum atomic E-state index is -0.428. The predicted octanol–water partition coefficient (Wildman–Crippen LogP) is 2.75. The van der Waals surface area contributed by atoms with E-state index in [-0.39, 0.29) is 29.9 Å². The van der Waals surface area contributed by atoms with Crippen LogP contribution in [0.25, 0.3) is 0 Å². The molecule has 0 aliphatic carbocycles. The van der Waals surface area contributed by atoms with E-state index in [4.69, 9.17) is 0 Å². The molecule has 4 N–H and O–H groups in total. The molecule has 22 heavy (non-hydrogen) atoms. The zero-order chi connectivity index (χ0) is 16.3. The summed E-state index contributed by atoms with van der Waals surface area (Å²) in [5, 5.41) is 38.6. The maximum Gasteiger partial charge on any atom is 0.119 e. The highest BCUT2D eigenvalue weighted by molar-refractivity contribution is 5.53. The summed E-state index contributed by atoms with van der Waals surface area (Å²) in [4.78, 5) is 1.97. The van der Waals surface area contributed by atoms with Gasteiger partial charge in [0, 0.05) is 17.8 Å². The van der Waals surface area contributed by atoms with Crippen LogP contribution in [0.15, 0.2) is 42.5 Å². The second-order valence-corrected chi connectivity index (χ2v) is 5.50. The van der Waals surface area contributed by atoms with Crippen molar-refractivity contribution >= 4 is 5.69 Å². The molecule has 0 aliphatic heterocycles. The number of anilines is 1. The predicted molar refractivity (Wildman–Crippen MR) is 85.3 cm³/mol. The van der Waals surface area contributed by atoms with E-state index in [0.29, 0.717) is 5.56 Å². The van der Waals surface area contributed by atoms with Gasteiger partial charge in [-0.2, -0.15) is 0 Å². The molecule has 2 aromatic carbocycles. The highest BCUT2D eigenvalue weighted by Crippen LogP contribution is 2.33. The van der Waals surface area contributed by atoms with Crippen LogP contribution in [0.1, 0.15) is 25.5 Å². The first kappa shape index (κ1) is 16.0. The summed E-state index contributed by atoms with van der Waals surface area (Å²) in [5.41, 5.74) is 1.44. The van der Waals surface area contributed by atoms with Gasteiger partial charge in [0.25, 0.3) is 0 Å². The third-order valence-electron chi connectivity index (χ3n) is 3.52. The van der Waals surface area contributed by atoms with Gasteiger partial charge in [0.2, 0.25) is 0 Å². The maximum atomic E-state index is 9.84. The van der Waals surface area contributed by atoms with Crippen molar-refractivity contribution in [1.82, 2.24) is 0 Å². The minimum absolute atomic E-state index is 0.0529. The van der Waals surface area contributed by atoms with E-state index < -0.39 is 6.04 Å². The molecular formula is C17H21NO4. The number of phenolic OH excluding ortho intramolecular Hbond substituents is 3. The van der Waals surface area contributed by atoms with E-state index in [1.54, 1.807) is 24.3 Å². The lowest BCUT2D eigenvalue weighted by molar-refractivity contribution is 0.256. The summed E-state index contributed by atoms with van der Waals surface area (Å²) in [7, 11) is 0. The number of aliphatic hydroxyl groups excluding tert-OH is 1. The van der Waals surface area contributed by atoms with Crippen molar-refractivity contribution in [3.05, 3.63) is 48.0 Å². The second kappa shape index (κ2) is 6.58. The number of aliphatic hydroxyl groups is 1. The minimum Gasteiger partial charge on any atom is -0.508 e. The van der Waals surface area contributed by atoms with Gasteiger partial charge in [0.05, 0.1) is 12.6 Å². The average molecular weight is 303 g/mol. The van der Waals surface area contributed by atoms with Crippen LogP contribution < -0.4 is 4.90 Å². The first-order valence-electron chi connectivity index (χ1n) is 7.13. The highest BCUT2D eigenvalue weighted by atomic mass is 16.3. The fourth-order valence-corrected chi connectivity index (χ4v) is 2.63. The molecule has 0 spiro atoms. The van der Waals surface area contributed by atoms with Crippen LogP contribution in [0.4, 0.5) is 5.69 Å². The lowest BCUT2D eigenvalue weighted by atomic mass is 10.0.